The second kappa shape index (κ2) is 4.56. The van der Waals surface area contributed by atoms with E-state index in [4.69, 9.17) is 5.73 Å². The smallest absolute Gasteiger partial charge is 0.363 e. The summed E-state index contributed by atoms with van der Waals surface area (Å²) in [7, 11) is 0. The lowest BCUT2D eigenvalue weighted by molar-refractivity contribution is 0.841. The molecule has 0 aliphatic rings. The average Bonchev–Trinajstić information content (AvgIpc) is 2.11. The molecule has 6 heteroatoms. The molecule has 0 fully saturated rings. The van der Waals surface area contributed by atoms with Gasteiger partial charge in [0.1, 0.15) is 5.69 Å². The number of nitrogens with one attached hydrogen (secondary N) is 2. The van der Waals surface area contributed by atoms with Crippen molar-refractivity contribution < 1.29 is 0 Å². The Labute approximate surface area is 75.6 Å². The Kier molecular flexibility index (Phi) is 3.39. The largest absolute Gasteiger partial charge is 0.368 e. The minimum absolute atomic E-state index is 0.444. The van der Waals surface area contributed by atoms with E-state index in [-0.39, 0.29) is 0 Å². The van der Waals surface area contributed by atoms with E-state index >= 15 is 0 Å². The highest BCUT2D eigenvalue weighted by Gasteiger charge is 2.00. The maximum absolute atomic E-state index is 10.8. The average molecular weight is 183 g/mol. The number of rotatable bonds is 4. The molecule has 1 aromatic heterocycles. The van der Waals surface area contributed by atoms with E-state index in [1.54, 1.807) is 6.92 Å². The highest BCUT2D eigenvalue weighted by molar-refractivity contribution is 5.37. The third-order valence-corrected chi connectivity index (χ3v) is 1.55. The van der Waals surface area contributed by atoms with Gasteiger partial charge in [0.05, 0.1) is 0 Å². The van der Waals surface area contributed by atoms with Crippen LogP contribution in [-0.4, -0.2) is 28.3 Å². The third-order valence-electron chi connectivity index (χ3n) is 1.55. The lowest BCUT2D eigenvalue weighted by Crippen LogP contribution is -2.18. The predicted octanol–water partition coefficient (Wildman–Crippen LogP) is -0.766. The molecule has 1 rings (SSSR count). The summed E-state index contributed by atoms with van der Waals surface area (Å²) in [6.45, 7) is 3.09. The van der Waals surface area contributed by atoms with Crippen molar-refractivity contribution in [2.45, 2.75) is 13.3 Å². The summed E-state index contributed by atoms with van der Waals surface area (Å²) >= 11 is 0. The van der Waals surface area contributed by atoms with E-state index in [1.165, 1.54) is 0 Å². The molecule has 0 amide bonds. The molecular formula is C7H13N5O. The number of H-pyrrole nitrogens is 1. The minimum atomic E-state index is -0.444. The number of aromatic nitrogens is 3. The highest BCUT2D eigenvalue weighted by Crippen LogP contribution is 2.02. The van der Waals surface area contributed by atoms with Crippen LogP contribution in [0.25, 0.3) is 0 Å². The van der Waals surface area contributed by atoms with Crippen LogP contribution in [0.4, 0.5) is 5.82 Å². The van der Waals surface area contributed by atoms with Crippen LogP contribution in [-0.2, 0) is 0 Å². The molecule has 0 aromatic carbocycles. The number of hydrogen-bond acceptors (Lipinski definition) is 5. The number of nitrogens with zero attached hydrogens (tertiary/aromatic N) is 2. The number of nitrogens with two attached hydrogens (primary N) is 1. The van der Waals surface area contributed by atoms with Crippen LogP contribution >= 0.6 is 0 Å². The zero-order valence-corrected chi connectivity index (χ0v) is 7.50. The molecule has 0 aliphatic heterocycles. The fraction of sp³-hybridized carbons (Fsp3) is 0.571. The summed E-state index contributed by atoms with van der Waals surface area (Å²) in [6, 6.07) is 0. The van der Waals surface area contributed by atoms with Crippen molar-refractivity contribution in [3.05, 3.63) is 16.2 Å². The standard InChI is InChI=1S/C7H13N5O/c1-5-6(9-4-2-3-8)10-7(13)12-11-5/h2-4,8H2,1H3,(H2,9,10,12,13). The number of anilines is 1. The van der Waals surface area contributed by atoms with Gasteiger partial charge in [0.2, 0.25) is 0 Å². The summed E-state index contributed by atoms with van der Waals surface area (Å²) < 4.78 is 0. The Morgan fingerprint density at radius 3 is 3.08 bits per heavy atom. The van der Waals surface area contributed by atoms with Gasteiger partial charge in [0.15, 0.2) is 5.82 Å². The quantitative estimate of drug-likeness (QED) is 0.533. The molecule has 1 heterocycles. The van der Waals surface area contributed by atoms with E-state index in [1.807, 2.05) is 0 Å². The van der Waals surface area contributed by atoms with Crippen LogP contribution in [0.5, 0.6) is 0 Å². The van der Waals surface area contributed by atoms with Gasteiger partial charge in [-0.25, -0.2) is 9.89 Å². The van der Waals surface area contributed by atoms with Crippen molar-refractivity contribution in [1.82, 2.24) is 15.2 Å². The molecule has 0 aliphatic carbocycles. The summed E-state index contributed by atoms with van der Waals surface area (Å²) in [6.07, 6.45) is 0.841. The molecule has 1 aromatic rings. The van der Waals surface area contributed by atoms with Crippen molar-refractivity contribution in [1.29, 1.82) is 0 Å². The van der Waals surface area contributed by atoms with E-state index in [0.717, 1.165) is 6.42 Å². The van der Waals surface area contributed by atoms with Gasteiger partial charge in [0, 0.05) is 6.54 Å². The molecule has 4 N–H and O–H groups in total. The molecular weight excluding hydrogens is 170 g/mol. The van der Waals surface area contributed by atoms with Crippen molar-refractivity contribution in [2.24, 2.45) is 5.73 Å². The molecule has 0 unspecified atom stereocenters. The van der Waals surface area contributed by atoms with Crippen LogP contribution in [0.15, 0.2) is 4.79 Å². The second-order valence-electron chi connectivity index (χ2n) is 2.64. The third kappa shape index (κ3) is 2.83. The molecule has 0 radical (unpaired) electrons. The molecule has 6 nitrogen and oxygen atoms in total. The van der Waals surface area contributed by atoms with Crippen molar-refractivity contribution in [3.63, 3.8) is 0 Å². The van der Waals surface area contributed by atoms with Gasteiger partial charge in [-0.3, -0.25) is 0 Å². The van der Waals surface area contributed by atoms with E-state index in [0.29, 0.717) is 24.6 Å². The van der Waals surface area contributed by atoms with Crippen LogP contribution in [0.2, 0.25) is 0 Å². The summed E-state index contributed by atoms with van der Waals surface area (Å²) in [5.41, 5.74) is 5.55. The second-order valence-corrected chi connectivity index (χ2v) is 2.64. The zero-order valence-electron chi connectivity index (χ0n) is 7.50. The lowest BCUT2D eigenvalue weighted by atomic mass is 10.4. The Morgan fingerprint density at radius 2 is 2.38 bits per heavy atom. The SMILES string of the molecule is Cc1n[nH]c(=O)nc1NCCCN. The van der Waals surface area contributed by atoms with Gasteiger partial charge in [-0.1, -0.05) is 0 Å². The number of aromatic amines is 1. The highest BCUT2D eigenvalue weighted by atomic mass is 16.1. The zero-order chi connectivity index (χ0) is 9.68. The van der Waals surface area contributed by atoms with E-state index in [2.05, 4.69) is 20.5 Å². The first-order valence-electron chi connectivity index (χ1n) is 4.11. The monoisotopic (exact) mass is 183 g/mol. The van der Waals surface area contributed by atoms with Crippen molar-refractivity contribution in [2.75, 3.05) is 18.4 Å². The number of aryl methyl sites for hydroxylation is 1. The van der Waals surface area contributed by atoms with Gasteiger partial charge < -0.3 is 11.1 Å². The van der Waals surface area contributed by atoms with Gasteiger partial charge in [-0.05, 0) is 19.9 Å². The fourth-order valence-corrected chi connectivity index (χ4v) is 0.868. The first kappa shape index (κ1) is 9.66. The maximum Gasteiger partial charge on any atom is 0.363 e. The molecule has 0 atom stereocenters. The normalized spacial score (nSPS) is 10.0. The Hall–Kier alpha value is -1.43. The maximum atomic E-state index is 10.8. The van der Waals surface area contributed by atoms with Crippen LogP contribution in [0.3, 0.4) is 0 Å². The van der Waals surface area contributed by atoms with Crippen LogP contribution in [0.1, 0.15) is 12.1 Å². The number of hydrogen-bond donors (Lipinski definition) is 3. The minimum Gasteiger partial charge on any atom is -0.368 e. The van der Waals surface area contributed by atoms with Crippen molar-refractivity contribution in [3.8, 4) is 0 Å². The van der Waals surface area contributed by atoms with Crippen LogP contribution in [0, 0.1) is 6.92 Å². The molecule has 13 heavy (non-hydrogen) atoms. The Balaban J connectivity index is 2.64. The first-order chi connectivity index (χ1) is 6.24. The van der Waals surface area contributed by atoms with Gasteiger partial charge >= 0.3 is 5.69 Å². The van der Waals surface area contributed by atoms with Gasteiger partial charge in [-0.2, -0.15) is 10.1 Å². The first-order valence-corrected chi connectivity index (χ1v) is 4.11. The van der Waals surface area contributed by atoms with E-state index in [9.17, 15) is 4.79 Å². The van der Waals surface area contributed by atoms with Gasteiger partial charge in [0.25, 0.3) is 0 Å². The predicted molar refractivity (Wildman–Crippen MR) is 49.6 cm³/mol. The fourth-order valence-electron chi connectivity index (χ4n) is 0.868. The van der Waals surface area contributed by atoms with Gasteiger partial charge in [-0.15, -0.1) is 0 Å². The Morgan fingerprint density at radius 1 is 1.62 bits per heavy atom. The Bertz CT molecular complexity index is 321. The molecule has 0 saturated heterocycles. The topological polar surface area (TPSA) is 96.7 Å². The molecule has 72 valence electrons. The van der Waals surface area contributed by atoms with E-state index < -0.39 is 5.69 Å². The molecule has 0 spiro atoms. The van der Waals surface area contributed by atoms with Crippen LogP contribution < -0.4 is 16.7 Å². The summed E-state index contributed by atoms with van der Waals surface area (Å²) in [5, 5.41) is 8.99. The summed E-state index contributed by atoms with van der Waals surface area (Å²) in [4.78, 5) is 14.5. The molecule has 0 bridgehead atoms. The summed E-state index contributed by atoms with van der Waals surface area (Å²) in [5.74, 6) is 0.525. The molecule has 0 saturated carbocycles. The lowest BCUT2D eigenvalue weighted by Gasteiger charge is -2.04. The van der Waals surface area contributed by atoms with Crippen molar-refractivity contribution >= 4 is 5.82 Å².